The summed E-state index contributed by atoms with van der Waals surface area (Å²) in [5.74, 6) is 0.665. The number of carbonyl (C=O) groups excluding carboxylic acids is 2. The SMILES string of the molecule is COc1ccc(CN(Cc2ccc(OC)c(NC(=O)[C@@H]3CCCN3)c2)c2ccc(F)cc2)cc1NC(=O)[C@@H]1CCCN1. The summed E-state index contributed by atoms with van der Waals surface area (Å²) in [4.78, 5) is 27.8. The second-order valence-electron chi connectivity index (χ2n) is 10.7. The van der Waals surface area contributed by atoms with Gasteiger partial charge in [0.2, 0.25) is 11.8 Å². The van der Waals surface area contributed by atoms with Gasteiger partial charge in [-0.15, -0.1) is 0 Å². The van der Waals surface area contributed by atoms with Crippen molar-refractivity contribution in [3.63, 3.8) is 0 Å². The van der Waals surface area contributed by atoms with Crippen LogP contribution in [0.2, 0.25) is 0 Å². The molecule has 10 heteroatoms. The van der Waals surface area contributed by atoms with Crippen LogP contribution in [-0.2, 0) is 22.7 Å². The summed E-state index contributed by atoms with van der Waals surface area (Å²) in [5, 5.41) is 12.5. The smallest absolute Gasteiger partial charge is 0.241 e. The average Bonchev–Trinajstić information content (AvgIpc) is 3.73. The van der Waals surface area contributed by atoms with Crippen LogP contribution in [0.3, 0.4) is 0 Å². The van der Waals surface area contributed by atoms with Crippen LogP contribution in [0.25, 0.3) is 0 Å². The molecular formula is C32H38FN5O4. The number of halogens is 1. The van der Waals surface area contributed by atoms with E-state index in [2.05, 4.69) is 26.2 Å². The van der Waals surface area contributed by atoms with E-state index in [1.807, 2.05) is 36.4 Å². The molecule has 2 amide bonds. The Morgan fingerprint density at radius 2 is 1.26 bits per heavy atom. The van der Waals surface area contributed by atoms with Gasteiger partial charge in [-0.05, 0) is 98.4 Å². The Morgan fingerprint density at radius 1 is 0.786 bits per heavy atom. The first kappa shape index (κ1) is 29.3. The maximum atomic E-state index is 13.8. The van der Waals surface area contributed by atoms with Gasteiger partial charge in [-0.1, -0.05) is 12.1 Å². The molecule has 0 bridgehead atoms. The van der Waals surface area contributed by atoms with Crippen LogP contribution in [0.1, 0.15) is 36.8 Å². The molecule has 2 atom stereocenters. The van der Waals surface area contributed by atoms with Crippen LogP contribution in [0.5, 0.6) is 11.5 Å². The highest BCUT2D eigenvalue weighted by atomic mass is 19.1. The van der Waals surface area contributed by atoms with Crippen molar-refractivity contribution in [2.75, 3.05) is 42.8 Å². The number of hydrogen-bond donors (Lipinski definition) is 4. The van der Waals surface area contributed by atoms with E-state index >= 15 is 0 Å². The molecule has 0 aromatic heterocycles. The number of amides is 2. The molecule has 0 spiro atoms. The molecule has 2 saturated heterocycles. The monoisotopic (exact) mass is 575 g/mol. The van der Waals surface area contributed by atoms with Gasteiger partial charge in [0.15, 0.2) is 0 Å². The fraction of sp³-hybridized carbons (Fsp3) is 0.375. The third-order valence-electron chi connectivity index (χ3n) is 7.74. The molecule has 0 saturated carbocycles. The summed E-state index contributed by atoms with van der Waals surface area (Å²) in [5.41, 5.74) is 3.89. The van der Waals surface area contributed by atoms with Gasteiger partial charge in [0.1, 0.15) is 17.3 Å². The lowest BCUT2D eigenvalue weighted by atomic mass is 10.1. The Hall–Kier alpha value is -4.15. The lowest BCUT2D eigenvalue weighted by Gasteiger charge is -2.26. The number of benzene rings is 3. The predicted molar refractivity (Wildman–Crippen MR) is 162 cm³/mol. The Balaban J connectivity index is 1.39. The summed E-state index contributed by atoms with van der Waals surface area (Å²) in [7, 11) is 3.15. The van der Waals surface area contributed by atoms with Crippen molar-refractivity contribution in [2.24, 2.45) is 0 Å². The standard InChI is InChI=1S/C32H38FN5O4/c1-41-29-13-7-21(17-27(29)36-31(39)25-5-3-15-34-25)19-38(24-11-9-23(33)10-12-24)20-22-8-14-30(42-2)28(18-22)37-32(40)26-6-4-16-35-26/h7-14,17-18,25-26,34-35H,3-6,15-16,19-20H2,1-2H3,(H,36,39)(H,37,40)/t25-,26-/m0/s1. The lowest BCUT2D eigenvalue weighted by molar-refractivity contribution is -0.118. The highest BCUT2D eigenvalue weighted by Gasteiger charge is 2.24. The summed E-state index contributed by atoms with van der Waals surface area (Å²) in [6, 6.07) is 17.3. The highest BCUT2D eigenvalue weighted by Crippen LogP contribution is 2.31. The number of nitrogens with zero attached hydrogens (tertiary/aromatic N) is 1. The molecule has 4 N–H and O–H groups in total. The molecule has 222 valence electrons. The summed E-state index contributed by atoms with van der Waals surface area (Å²) >= 11 is 0. The van der Waals surface area contributed by atoms with Crippen LogP contribution < -0.4 is 35.6 Å². The number of carbonyl (C=O) groups is 2. The minimum absolute atomic E-state index is 0.0843. The number of methoxy groups -OCH3 is 2. The van der Waals surface area contributed by atoms with Crippen LogP contribution in [0.4, 0.5) is 21.5 Å². The van der Waals surface area contributed by atoms with E-state index in [0.29, 0.717) is 36.0 Å². The molecule has 2 fully saturated rings. The Kier molecular flexibility index (Phi) is 9.55. The molecule has 2 aliphatic rings. The zero-order valence-corrected chi connectivity index (χ0v) is 24.0. The van der Waals surface area contributed by atoms with E-state index in [9.17, 15) is 14.0 Å². The van der Waals surface area contributed by atoms with Gasteiger partial charge in [0, 0.05) is 18.8 Å². The first-order valence-corrected chi connectivity index (χ1v) is 14.4. The van der Waals surface area contributed by atoms with Crippen molar-refractivity contribution < 1.29 is 23.5 Å². The summed E-state index contributed by atoms with van der Waals surface area (Å²) in [6.45, 7) is 2.60. The minimum atomic E-state index is -0.316. The van der Waals surface area contributed by atoms with Crippen LogP contribution >= 0.6 is 0 Å². The number of ether oxygens (including phenoxy) is 2. The Labute approximate surface area is 245 Å². The Bertz CT molecular complexity index is 1300. The zero-order valence-electron chi connectivity index (χ0n) is 24.0. The molecular weight excluding hydrogens is 537 g/mol. The fourth-order valence-electron chi connectivity index (χ4n) is 5.49. The maximum Gasteiger partial charge on any atom is 0.241 e. The van der Waals surface area contributed by atoms with Gasteiger partial charge in [0.25, 0.3) is 0 Å². The molecule has 0 aliphatic carbocycles. The van der Waals surface area contributed by atoms with Crippen molar-refractivity contribution in [2.45, 2.75) is 50.9 Å². The van der Waals surface area contributed by atoms with E-state index < -0.39 is 0 Å². The van der Waals surface area contributed by atoms with Gasteiger partial charge in [-0.3, -0.25) is 9.59 Å². The van der Waals surface area contributed by atoms with Crippen molar-refractivity contribution >= 4 is 28.9 Å². The molecule has 3 aromatic carbocycles. The van der Waals surface area contributed by atoms with Crippen molar-refractivity contribution in [1.82, 2.24) is 10.6 Å². The first-order valence-electron chi connectivity index (χ1n) is 14.4. The highest BCUT2D eigenvalue weighted by molar-refractivity contribution is 5.97. The number of hydrogen-bond acceptors (Lipinski definition) is 7. The molecule has 0 radical (unpaired) electrons. The van der Waals surface area contributed by atoms with Crippen LogP contribution in [0.15, 0.2) is 60.7 Å². The molecule has 0 unspecified atom stereocenters. The van der Waals surface area contributed by atoms with Gasteiger partial charge in [-0.25, -0.2) is 4.39 Å². The molecule has 5 rings (SSSR count). The summed E-state index contributed by atoms with van der Waals surface area (Å²) < 4.78 is 24.9. The van der Waals surface area contributed by atoms with E-state index in [1.165, 1.54) is 12.1 Å². The normalized spacial score (nSPS) is 18.0. The van der Waals surface area contributed by atoms with Gasteiger partial charge in [-0.2, -0.15) is 0 Å². The first-order chi connectivity index (χ1) is 20.4. The number of rotatable bonds is 11. The predicted octanol–water partition coefficient (Wildman–Crippen LogP) is 4.43. The minimum Gasteiger partial charge on any atom is -0.495 e. The topological polar surface area (TPSA) is 104 Å². The molecule has 2 aliphatic heterocycles. The molecule has 42 heavy (non-hydrogen) atoms. The van der Waals surface area contributed by atoms with E-state index in [4.69, 9.17) is 9.47 Å². The summed E-state index contributed by atoms with van der Waals surface area (Å²) in [6.07, 6.45) is 3.54. The number of nitrogens with one attached hydrogen (secondary N) is 4. The molecule has 9 nitrogen and oxygen atoms in total. The largest absolute Gasteiger partial charge is 0.495 e. The average molecular weight is 576 g/mol. The zero-order chi connectivity index (χ0) is 29.5. The molecule has 2 heterocycles. The maximum absolute atomic E-state index is 13.8. The van der Waals surface area contributed by atoms with Crippen LogP contribution in [-0.4, -0.2) is 51.2 Å². The van der Waals surface area contributed by atoms with Crippen molar-refractivity contribution in [3.05, 3.63) is 77.6 Å². The third-order valence-corrected chi connectivity index (χ3v) is 7.74. The second kappa shape index (κ2) is 13.7. The van der Waals surface area contributed by atoms with E-state index in [0.717, 1.165) is 55.6 Å². The quantitative estimate of drug-likeness (QED) is 0.268. The van der Waals surface area contributed by atoms with Gasteiger partial charge < -0.3 is 35.6 Å². The van der Waals surface area contributed by atoms with Gasteiger partial charge >= 0.3 is 0 Å². The second-order valence-corrected chi connectivity index (χ2v) is 10.7. The third kappa shape index (κ3) is 7.18. The molecule has 3 aromatic rings. The number of anilines is 3. The fourth-order valence-corrected chi connectivity index (χ4v) is 5.49. The Morgan fingerprint density at radius 3 is 1.67 bits per heavy atom. The van der Waals surface area contributed by atoms with Crippen molar-refractivity contribution in [1.29, 1.82) is 0 Å². The van der Waals surface area contributed by atoms with E-state index in [-0.39, 0.29) is 29.7 Å². The van der Waals surface area contributed by atoms with Crippen molar-refractivity contribution in [3.8, 4) is 11.5 Å². The van der Waals surface area contributed by atoms with E-state index in [1.54, 1.807) is 26.4 Å². The lowest BCUT2D eigenvalue weighted by Crippen LogP contribution is -2.35. The van der Waals surface area contributed by atoms with Gasteiger partial charge in [0.05, 0.1) is 37.7 Å². The van der Waals surface area contributed by atoms with Crippen LogP contribution in [0, 0.1) is 5.82 Å².